The van der Waals surface area contributed by atoms with Crippen molar-refractivity contribution in [2.75, 3.05) is 0 Å². The van der Waals surface area contributed by atoms with Crippen LogP contribution in [0.3, 0.4) is 0 Å². The molecule has 1 spiro atoms. The van der Waals surface area contributed by atoms with Crippen LogP contribution in [0.25, 0.3) is 0 Å². The van der Waals surface area contributed by atoms with Gasteiger partial charge in [0, 0.05) is 0 Å². The molecule has 4 aliphatic carbocycles. The largest absolute Gasteiger partial charge is 0.481 e. The van der Waals surface area contributed by atoms with Gasteiger partial charge in [-0.1, -0.05) is 19.9 Å². The van der Waals surface area contributed by atoms with E-state index in [2.05, 4.69) is 13.5 Å². The highest BCUT2D eigenvalue weighted by Crippen LogP contribution is 2.72. The Kier molecular flexibility index (Phi) is 3.01. The molecule has 128 valence electrons. The number of hydrogen-bond donors (Lipinski definition) is 2. The van der Waals surface area contributed by atoms with E-state index >= 15 is 0 Å². The summed E-state index contributed by atoms with van der Waals surface area (Å²) in [5.74, 6) is 0.219. The van der Waals surface area contributed by atoms with Crippen molar-refractivity contribution in [3.63, 3.8) is 0 Å². The number of aliphatic hydroxyl groups is 1. The summed E-state index contributed by atoms with van der Waals surface area (Å²) < 4.78 is 0. The lowest BCUT2D eigenvalue weighted by Gasteiger charge is -2.63. The summed E-state index contributed by atoms with van der Waals surface area (Å²) in [7, 11) is 0. The Morgan fingerprint density at radius 2 is 1.83 bits per heavy atom. The molecular weight excluding hydrogens is 288 g/mol. The maximum Gasteiger partial charge on any atom is 0.309 e. The van der Waals surface area contributed by atoms with Crippen molar-refractivity contribution in [3.8, 4) is 0 Å². The average Bonchev–Trinajstić information content (AvgIpc) is 2.63. The fourth-order valence-electron chi connectivity index (χ4n) is 7.61. The second-order valence-electron chi connectivity index (χ2n) is 9.62. The number of rotatable bonds is 1. The summed E-state index contributed by atoms with van der Waals surface area (Å²) in [5.41, 5.74) is 0.128. The van der Waals surface area contributed by atoms with Gasteiger partial charge in [-0.2, -0.15) is 0 Å². The van der Waals surface area contributed by atoms with Crippen molar-refractivity contribution in [2.24, 2.45) is 28.1 Å². The first kappa shape index (κ1) is 15.7. The highest BCUT2D eigenvalue weighted by molar-refractivity contribution is 5.75. The number of fused-ring (bicyclic) bond motifs is 3. The van der Waals surface area contributed by atoms with Gasteiger partial charge < -0.3 is 10.2 Å². The summed E-state index contributed by atoms with van der Waals surface area (Å²) in [4.78, 5) is 12.0. The van der Waals surface area contributed by atoms with Crippen LogP contribution in [0, 0.1) is 28.1 Å². The van der Waals surface area contributed by atoms with E-state index in [0.29, 0.717) is 5.92 Å². The third kappa shape index (κ3) is 1.78. The molecule has 2 N–H and O–H groups in total. The van der Waals surface area contributed by atoms with Gasteiger partial charge in [0.2, 0.25) is 0 Å². The molecule has 0 radical (unpaired) electrons. The number of aliphatic carboxylic acids is 1. The molecule has 6 atom stereocenters. The van der Waals surface area contributed by atoms with Crippen LogP contribution in [0.2, 0.25) is 0 Å². The van der Waals surface area contributed by atoms with Crippen LogP contribution in [0.15, 0.2) is 12.2 Å². The highest BCUT2D eigenvalue weighted by atomic mass is 16.4. The Labute approximate surface area is 139 Å². The minimum absolute atomic E-state index is 0.107. The predicted molar refractivity (Wildman–Crippen MR) is 88.9 cm³/mol. The molecule has 4 fully saturated rings. The minimum Gasteiger partial charge on any atom is -0.481 e. The smallest absolute Gasteiger partial charge is 0.309 e. The second kappa shape index (κ2) is 4.41. The molecule has 0 amide bonds. The van der Waals surface area contributed by atoms with E-state index in [9.17, 15) is 15.0 Å². The van der Waals surface area contributed by atoms with Gasteiger partial charge in [-0.25, -0.2) is 0 Å². The van der Waals surface area contributed by atoms with Crippen LogP contribution in [0.4, 0.5) is 0 Å². The first-order chi connectivity index (χ1) is 10.7. The van der Waals surface area contributed by atoms with Crippen molar-refractivity contribution in [2.45, 2.75) is 77.2 Å². The molecule has 0 aliphatic heterocycles. The molecule has 2 bridgehead atoms. The quantitative estimate of drug-likeness (QED) is 0.714. The molecule has 23 heavy (non-hydrogen) atoms. The number of carbonyl (C=O) groups is 1. The Balaban J connectivity index is 1.76. The number of carboxylic acids is 1. The van der Waals surface area contributed by atoms with Crippen molar-refractivity contribution in [1.29, 1.82) is 0 Å². The molecule has 4 aliphatic rings. The maximum atomic E-state index is 12.0. The maximum absolute atomic E-state index is 12.0. The molecule has 4 saturated carbocycles. The predicted octanol–water partition coefficient (Wildman–Crippen LogP) is 4.16. The third-order valence-corrected chi connectivity index (χ3v) is 8.65. The molecular formula is C20H30O3. The Morgan fingerprint density at radius 1 is 1.13 bits per heavy atom. The third-order valence-electron chi connectivity index (χ3n) is 8.65. The Morgan fingerprint density at radius 3 is 2.52 bits per heavy atom. The molecule has 0 saturated heterocycles. The van der Waals surface area contributed by atoms with Crippen LogP contribution in [0.1, 0.15) is 71.6 Å². The lowest BCUT2D eigenvalue weighted by Crippen LogP contribution is -2.59. The van der Waals surface area contributed by atoms with Gasteiger partial charge in [0.25, 0.3) is 0 Å². The topological polar surface area (TPSA) is 57.5 Å². The summed E-state index contributed by atoms with van der Waals surface area (Å²) in [5, 5.41) is 20.8. The normalized spacial score (nSPS) is 55.2. The zero-order valence-electron chi connectivity index (χ0n) is 14.5. The van der Waals surface area contributed by atoms with E-state index in [1.165, 1.54) is 0 Å². The highest BCUT2D eigenvalue weighted by Gasteiger charge is 2.67. The van der Waals surface area contributed by atoms with Gasteiger partial charge in [-0.3, -0.25) is 4.79 Å². The molecule has 0 aromatic carbocycles. The Bertz CT molecular complexity index is 583. The minimum atomic E-state index is -0.634. The van der Waals surface area contributed by atoms with E-state index in [1.54, 1.807) is 0 Å². The van der Waals surface area contributed by atoms with Crippen molar-refractivity contribution in [1.82, 2.24) is 0 Å². The summed E-state index contributed by atoms with van der Waals surface area (Å²) in [6.07, 6.45) is 8.75. The van der Waals surface area contributed by atoms with Crippen LogP contribution in [-0.2, 0) is 4.79 Å². The van der Waals surface area contributed by atoms with E-state index < -0.39 is 17.0 Å². The molecule has 4 rings (SSSR count). The standard InChI is InChI=1S/C20H30O3/c1-13-11-19-9-5-14-17(2,7-4-8-18(14,3)16(21)22)15(19)6-10-20(13,23)12-19/h14-15,23H,1,4-12H2,2-3H3,(H,21,22)/t14-,15+,17-,18+,19+,20+/m0/s1. The van der Waals surface area contributed by atoms with E-state index in [0.717, 1.165) is 63.4 Å². The van der Waals surface area contributed by atoms with Crippen LogP contribution in [0.5, 0.6) is 0 Å². The van der Waals surface area contributed by atoms with Crippen LogP contribution in [-0.4, -0.2) is 21.8 Å². The van der Waals surface area contributed by atoms with Gasteiger partial charge in [0.05, 0.1) is 11.0 Å². The van der Waals surface area contributed by atoms with E-state index in [1.807, 2.05) is 6.92 Å². The Hall–Kier alpha value is -0.830. The van der Waals surface area contributed by atoms with Crippen molar-refractivity contribution >= 4 is 5.97 Å². The SMILES string of the molecule is C=C1C[C@@]23CC[C@H]4[C@](C)(CCC[C@@]4(C)C(=O)O)[C@H]2CC[C@@]1(O)C3. The number of hydrogen-bond acceptors (Lipinski definition) is 2. The first-order valence-corrected chi connectivity index (χ1v) is 9.30. The van der Waals surface area contributed by atoms with Gasteiger partial charge in [0.15, 0.2) is 0 Å². The molecule has 0 aromatic heterocycles. The molecule has 3 heteroatoms. The fraction of sp³-hybridized carbons (Fsp3) is 0.850. The summed E-state index contributed by atoms with van der Waals surface area (Å²) >= 11 is 0. The van der Waals surface area contributed by atoms with Gasteiger partial charge in [-0.15, -0.1) is 0 Å². The van der Waals surface area contributed by atoms with Crippen LogP contribution >= 0.6 is 0 Å². The van der Waals surface area contributed by atoms with E-state index in [4.69, 9.17) is 0 Å². The fourth-order valence-corrected chi connectivity index (χ4v) is 7.61. The average molecular weight is 318 g/mol. The monoisotopic (exact) mass is 318 g/mol. The lowest BCUT2D eigenvalue weighted by atomic mass is 9.41. The van der Waals surface area contributed by atoms with Gasteiger partial charge in [0.1, 0.15) is 0 Å². The number of carboxylic acid groups (broad SMARTS) is 1. The zero-order valence-corrected chi connectivity index (χ0v) is 14.5. The molecule has 0 aromatic rings. The molecule has 3 nitrogen and oxygen atoms in total. The van der Waals surface area contributed by atoms with Gasteiger partial charge >= 0.3 is 5.97 Å². The lowest BCUT2D eigenvalue weighted by molar-refractivity contribution is -0.186. The van der Waals surface area contributed by atoms with Crippen LogP contribution < -0.4 is 0 Å². The zero-order chi connectivity index (χ0) is 16.7. The van der Waals surface area contributed by atoms with E-state index in [-0.39, 0.29) is 16.7 Å². The summed E-state index contributed by atoms with van der Waals surface area (Å²) in [6, 6.07) is 0. The van der Waals surface area contributed by atoms with Crippen molar-refractivity contribution < 1.29 is 15.0 Å². The molecule has 0 unspecified atom stereocenters. The van der Waals surface area contributed by atoms with Gasteiger partial charge in [-0.05, 0) is 86.5 Å². The molecule has 0 heterocycles. The first-order valence-electron chi connectivity index (χ1n) is 9.30. The summed E-state index contributed by atoms with van der Waals surface area (Å²) in [6.45, 7) is 8.55. The van der Waals surface area contributed by atoms with Crippen molar-refractivity contribution in [3.05, 3.63) is 12.2 Å². The second-order valence-corrected chi connectivity index (χ2v) is 9.62.